The van der Waals surface area contributed by atoms with E-state index in [0.717, 1.165) is 6.42 Å². The third-order valence-corrected chi connectivity index (χ3v) is 11.0. The number of hydrogen-bond donors (Lipinski definition) is 6. The summed E-state index contributed by atoms with van der Waals surface area (Å²) < 4.78 is 17.8. The largest absolute Gasteiger partial charge is 0.481 e. The Hall–Kier alpha value is -1.34. The SMILES string of the molecule is CC12C(=O)O[C@@]3(CC[C@@H]1O[C@@H]1O[C@H](CO)[C@@H](O)[C@H](O)[C@H]1O)[C@@H]2[C@H](C(=O)O)[C@@]12C[C@@H](CC[C@H]13)[C@](C)(O)C2. The van der Waals surface area contributed by atoms with Crippen LogP contribution in [0.2, 0.25) is 0 Å². The number of fused-ring (bicyclic) bond motifs is 1. The molecule has 2 saturated heterocycles. The summed E-state index contributed by atoms with van der Waals surface area (Å²) in [6, 6.07) is 0. The minimum atomic E-state index is -1.64. The number of ether oxygens (including phenoxy) is 3. The van der Waals surface area contributed by atoms with E-state index in [1.54, 1.807) is 13.8 Å². The Morgan fingerprint density at radius 1 is 1.11 bits per heavy atom. The van der Waals surface area contributed by atoms with Crippen molar-refractivity contribution in [2.75, 3.05) is 6.61 Å². The molecule has 0 amide bonds. The number of carbonyl (C=O) groups is 2. The molecule has 0 radical (unpaired) electrons. The summed E-state index contributed by atoms with van der Waals surface area (Å²) in [6.07, 6.45) is -5.25. The van der Waals surface area contributed by atoms with Crippen LogP contribution >= 0.6 is 0 Å². The molecular weight excluding hydrogens is 476 g/mol. The fourth-order valence-corrected chi connectivity index (χ4v) is 9.62. The molecule has 0 aromatic carbocycles. The van der Waals surface area contributed by atoms with E-state index in [-0.39, 0.29) is 11.8 Å². The maximum absolute atomic E-state index is 13.6. The zero-order chi connectivity index (χ0) is 26.0. The fraction of sp³-hybridized carbons (Fsp3) is 0.920. The molecule has 0 aromatic rings. The predicted octanol–water partition coefficient (Wildman–Crippen LogP) is -0.845. The lowest BCUT2D eigenvalue weighted by molar-refractivity contribution is -0.322. The summed E-state index contributed by atoms with van der Waals surface area (Å²) >= 11 is 0. The zero-order valence-electron chi connectivity index (χ0n) is 20.4. The third kappa shape index (κ3) is 2.82. The van der Waals surface area contributed by atoms with Crippen LogP contribution in [0.25, 0.3) is 0 Å². The first kappa shape index (κ1) is 25.0. The number of hydrogen-bond acceptors (Lipinski definition) is 10. The van der Waals surface area contributed by atoms with Crippen LogP contribution in [0.1, 0.15) is 52.4 Å². The van der Waals surface area contributed by atoms with Gasteiger partial charge in [0.15, 0.2) is 6.29 Å². The smallest absolute Gasteiger partial charge is 0.315 e. The highest BCUT2D eigenvalue weighted by molar-refractivity contribution is 5.85. The first-order chi connectivity index (χ1) is 16.8. The molecule has 6 fully saturated rings. The van der Waals surface area contributed by atoms with Gasteiger partial charge >= 0.3 is 11.9 Å². The molecule has 6 rings (SSSR count). The average Bonchev–Trinajstić information content (AvgIpc) is 3.24. The van der Waals surface area contributed by atoms with Gasteiger partial charge in [0.2, 0.25) is 0 Å². The van der Waals surface area contributed by atoms with Crippen LogP contribution in [0.4, 0.5) is 0 Å². The number of aliphatic hydroxyl groups excluding tert-OH is 4. The van der Waals surface area contributed by atoms with Gasteiger partial charge in [0.05, 0.1) is 29.6 Å². The number of carbonyl (C=O) groups excluding carboxylic acids is 1. The van der Waals surface area contributed by atoms with Gasteiger partial charge in [-0.1, -0.05) is 0 Å². The van der Waals surface area contributed by atoms with Crippen molar-refractivity contribution in [2.45, 2.75) is 100 Å². The standard InChI is InChI=1S/C25H36O11/c1-22(33)9-24-7-10(22)3-4-12(24)25-6-5-13(23(2,21(32)36-25)18(25)14(24)19(30)31)35-20-17(29)16(28)15(27)11(8-26)34-20/h10-18,20,26-29,33H,3-9H2,1-2H3,(H,30,31)/t10-,11-,12-,13+,14-,15-,16+,17-,18-,20+,22-,23?,24-,25-/m1/s1. The van der Waals surface area contributed by atoms with E-state index in [2.05, 4.69) is 0 Å². The second-order valence-corrected chi connectivity index (χ2v) is 12.6. The van der Waals surface area contributed by atoms with Crippen LogP contribution < -0.4 is 0 Å². The van der Waals surface area contributed by atoms with E-state index in [0.29, 0.717) is 32.1 Å². The molecule has 6 N–H and O–H groups in total. The summed E-state index contributed by atoms with van der Waals surface area (Å²) in [5.74, 6) is -3.36. The number of esters is 1. The van der Waals surface area contributed by atoms with Crippen LogP contribution in [-0.2, 0) is 23.8 Å². The van der Waals surface area contributed by atoms with Crippen LogP contribution in [0.3, 0.4) is 0 Å². The molecule has 14 atom stereocenters. The average molecular weight is 513 g/mol. The second kappa shape index (κ2) is 7.62. The predicted molar refractivity (Wildman–Crippen MR) is 118 cm³/mol. The van der Waals surface area contributed by atoms with Crippen molar-refractivity contribution in [3.63, 3.8) is 0 Å². The summed E-state index contributed by atoms with van der Waals surface area (Å²) in [5, 5.41) is 62.1. The highest BCUT2D eigenvalue weighted by atomic mass is 16.7. The van der Waals surface area contributed by atoms with Crippen molar-refractivity contribution in [3.05, 3.63) is 0 Å². The Kier molecular flexibility index (Phi) is 5.28. The minimum absolute atomic E-state index is 0.00431. The van der Waals surface area contributed by atoms with Crippen molar-refractivity contribution in [1.82, 2.24) is 0 Å². The first-order valence-electron chi connectivity index (χ1n) is 13.0. The molecule has 11 heteroatoms. The van der Waals surface area contributed by atoms with Gasteiger partial charge in [-0.05, 0) is 63.7 Å². The third-order valence-electron chi connectivity index (χ3n) is 11.0. The van der Waals surface area contributed by atoms with E-state index in [9.17, 15) is 40.2 Å². The van der Waals surface area contributed by atoms with Gasteiger partial charge in [-0.15, -0.1) is 0 Å². The minimum Gasteiger partial charge on any atom is -0.481 e. The second-order valence-electron chi connectivity index (χ2n) is 12.6. The topological polar surface area (TPSA) is 183 Å². The van der Waals surface area contributed by atoms with Gasteiger partial charge in [0.1, 0.15) is 30.0 Å². The Bertz CT molecular complexity index is 968. The van der Waals surface area contributed by atoms with Gasteiger partial charge in [-0.2, -0.15) is 0 Å². The highest BCUT2D eigenvalue weighted by Crippen LogP contribution is 2.78. The Balaban J connectivity index is 1.38. The van der Waals surface area contributed by atoms with E-state index in [4.69, 9.17) is 14.2 Å². The summed E-state index contributed by atoms with van der Waals surface area (Å²) in [4.78, 5) is 26.5. The molecule has 4 saturated carbocycles. The molecule has 6 aliphatic rings. The molecule has 1 unspecified atom stereocenters. The fourth-order valence-electron chi connectivity index (χ4n) is 9.62. The summed E-state index contributed by atoms with van der Waals surface area (Å²) in [7, 11) is 0. The van der Waals surface area contributed by atoms with Crippen LogP contribution in [-0.4, -0.2) is 97.2 Å². The molecule has 4 bridgehead atoms. The van der Waals surface area contributed by atoms with E-state index >= 15 is 0 Å². The van der Waals surface area contributed by atoms with Gasteiger partial charge in [-0.3, -0.25) is 9.59 Å². The van der Waals surface area contributed by atoms with Crippen molar-refractivity contribution in [1.29, 1.82) is 0 Å². The lowest BCUT2D eigenvalue weighted by Crippen LogP contribution is -2.62. The molecular formula is C25H36O11. The normalized spacial score (nSPS) is 59.4. The van der Waals surface area contributed by atoms with Crippen molar-refractivity contribution in [3.8, 4) is 0 Å². The monoisotopic (exact) mass is 512 g/mol. The Morgan fingerprint density at radius 2 is 1.83 bits per heavy atom. The molecule has 202 valence electrons. The summed E-state index contributed by atoms with van der Waals surface area (Å²) in [5.41, 5.74) is -4.00. The molecule has 0 aromatic heterocycles. The maximum Gasteiger partial charge on any atom is 0.315 e. The van der Waals surface area contributed by atoms with Crippen molar-refractivity contribution < 1.29 is 54.4 Å². The molecule has 2 aliphatic heterocycles. The van der Waals surface area contributed by atoms with E-state index in [1.165, 1.54) is 0 Å². The number of aliphatic carboxylic acids is 1. The van der Waals surface area contributed by atoms with Crippen LogP contribution in [0.15, 0.2) is 0 Å². The number of carboxylic acids is 1. The zero-order valence-corrected chi connectivity index (χ0v) is 20.4. The molecule has 36 heavy (non-hydrogen) atoms. The van der Waals surface area contributed by atoms with Crippen molar-refractivity contribution in [2.24, 2.45) is 34.5 Å². The number of aliphatic hydroxyl groups is 5. The van der Waals surface area contributed by atoms with E-state index in [1.807, 2.05) is 0 Å². The van der Waals surface area contributed by atoms with Crippen LogP contribution in [0.5, 0.6) is 0 Å². The molecule has 1 spiro atoms. The van der Waals surface area contributed by atoms with Gasteiger partial charge in [0, 0.05) is 11.8 Å². The Morgan fingerprint density at radius 3 is 2.50 bits per heavy atom. The lowest BCUT2D eigenvalue weighted by atomic mass is 9.58. The number of carboxylic acid groups (broad SMARTS) is 1. The molecule has 4 aliphatic carbocycles. The summed E-state index contributed by atoms with van der Waals surface area (Å²) in [6.45, 7) is 2.82. The van der Waals surface area contributed by atoms with Gasteiger partial charge in [-0.25, -0.2) is 0 Å². The molecule has 11 nitrogen and oxygen atoms in total. The molecule has 2 heterocycles. The van der Waals surface area contributed by atoms with Crippen molar-refractivity contribution >= 4 is 11.9 Å². The quantitative estimate of drug-likeness (QED) is 0.258. The van der Waals surface area contributed by atoms with Crippen LogP contribution in [0, 0.1) is 34.5 Å². The van der Waals surface area contributed by atoms with E-state index < -0.39 is 89.2 Å². The van der Waals surface area contributed by atoms with Gasteiger partial charge < -0.3 is 44.8 Å². The lowest BCUT2D eigenvalue weighted by Gasteiger charge is -2.48. The highest BCUT2D eigenvalue weighted by Gasteiger charge is 2.84. The Labute approximate surface area is 208 Å². The van der Waals surface area contributed by atoms with Gasteiger partial charge in [0.25, 0.3) is 0 Å². The first-order valence-corrected chi connectivity index (χ1v) is 13.0. The maximum atomic E-state index is 13.6. The number of rotatable bonds is 4.